The molecule has 0 heterocycles. The van der Waals surface area contributed by atoms with Crippen molar-refractivity contribution in [3.8, 4) is 11.1 Å². The fraction of sp³-hybridized carbons (Fsp3) is 0.190. The van der Waals surface area contributed by atoms with E-state index in [1.807, 2.05) is 0 Å². The second-order valence-corrected chi connectivity index (χ2v) is 13.8. The number of halogens is 1. The smallest absolute Gasteiger partial charge is 0.147 e. The van der Waals surface area contributed by atoms with Gasteiger partial charge in [0.2, 0.25) is 0 Å². The van der Waals surface area contributed by atoms with Crippen molar-refractivity contribution in [3.63, 3.8) is 0 Å². The number of hydrogen-bond acceptors (Lipinski definition) is 0. The molecule has 0 unspecified atom stereocenters. The third kappa shape index (κ3) is 2.79. The first kappa shape index (κ1) is 16.8. The number of fused-ring (bicyclic) bond motifs is 3. The van der Waals surface area contributed by atoms with Crippen LogP contribution in [-0.2, 0) is 21.3 Å². The summed E-state index contributed by atoms with van der Waals surface area (Å²) in [6.45, 7) is 4.74. The summed E-state index contributed by atoms with van der Waals surface area (Å²) in [5.74, 6) is 0. The molecule has 116 valence electrons. The SMILES string of the molecule is C[C](C)=[Zr]([C]1=CC=CC1)[CH]1c2ccccc2-c2ccccc21.Cl. The van der Waals surface area contributed by atoms with Crippen LogP contribution in [0.1, 0.15) is 35.0 Å². The molecule has 2 aliphatic rings. The van der Waals surface area contributed by atoms with Gasteiger partial charge in [0, 0.05) is 0 Å². The van der Waals surface area contributed by atoms with Gasteiger partial charge in [0.15, 0.2) is 0 Å². The maximum Gasteiger partial charge on any atom is -0.147 e. The Morgan fingerprint density at radius 2 is 1.48 bits per heavy atom. The third-order valence-electron chi connectivity index (χ3n) is 4.78. The summed E-state index contributed by atoms with van der Waals surface area (Å²) in [5, 5.41) is 0. The summed E-state index contributed by atoms with van der Waals surface area (Å²) in [4.78, 5) is 0. The quantitative estimate of drug-likeness (QED) is 0.593. The van der Waals surface area contributed by atoms with Crippen LogP contribution in [0.2, 0.25) is 0 Å². The molecule has 0 radical (unpaired) electrons. The first-order valence-electron chi connectivity index (χ1n) is 7.99. The van der Waals surface area contributed by atoms with Crippen LogP contribution in [0.15, 0.2) is 70.0 Å². The molecule has 0 aromatic heterocycles. The predicted molar refractivity (Wildman–Crippen MR) is 99.2 cm³/mol. The maximum absolute atomic E-state index is 2.41. The fourth-order valence-corrected chi connectivity index (χ4v) is 12.1. The molecule has 0 amide bonds. The molecule has 0 fully saturated rings. The molecule has 23 heavy (non-hydrogen) atoms. The van der Waals surface area contributed by atoms with Crippen molar-refractivity contribution in [2.24, 2.45) is 0 Å². The van der Waals surface area contributed by atoms with Gasteiger partial charge in [-0.15, -0.1) is 12.4 Å². The summed E-state index contributed by atoms with van der Waals surface area (Å²) >= 11 is -1.87. The molecule has 0 saturated carbocycles. The van der Waals surface area contributed by atoms with Crippen LogP contribution in [0, 0.1) is 0 Å². The van der Waals surface area contributed by atoms with Gasteiger partial charge in [-0.1, -0.05) is 0 Å². The van der Waals surface area contributed by atoms with E-state index in [0.717, 1.165) is 0 Å². The van der Waals surface area contributed by atoms with Crippen molar-refractivity contribution >= 4 is 15.6 Å². The van der Waals surface area contributed by atoms with Crippen molar-refractivity contribution in [2.45, 2.75) is 23.9 Å². The van der Waals surface area contributed by atoms with Crippen molar-refractivity contribution in [3.05, 3.63) is 81.2 Å². The molecular weight excluding hydrogens is 379 g/mol. The van der Waals surface area contributed by atoms with E-state index < -0.39 is 21.3 Å². The molecule has 0 spiro atoms. The van der Waals surface area contributed by atoms with Gasteiger partial charge in [-0.3, -0.25) is 0 Å². The summed E-state index contributed by atoms with van der Waals surface area (Å²) < 4.78 is 4.11. The second-order valence-electron chi connectivity index (χ2n) is 6.35. The summed E-state index contributed by atoms with van der Waals surface area (Å²) in [6, 6.07) is 18.1. The molecule has 0 nitrogen and oxygen atoms in total. The molecule has 2 aliphatic carbocycles. The first-order valence-corrected chi connectivity index (χ1v) is 11.9. The molecule has 2 aromatic rings. The van der Waals surface area contributed by atoms with Gasteiger partial charge in [0.25, 0.3) is 0 Å². The van der Waals surface area contributed by atoms with Gasteiger partial charge >= 0.3 is 141 Å². The monoisotopic (exact) mass is 398 g/mol. The molecule has 4 rings (SSSR count). The van der Waals surface area contributed by atoms with Crippen LogP contribution >= 0.6 is 12.4 Å². The van der Waals surface area contributed by atoms with Crippen LogP contribution in [0.5, 0.6) is 0 Å². The van der Waals surface area contributed by atoms with E-state index in [1.54, 1.807) is 17.6 Å². The Kier molecular flexibility index (Phi) is 4.99. The zero-order chi connectivity index (χ0) is 15.1. The van der Waals surface area contributed by atoms with Crippen molar-refractivity contribution in [2.75, 3.05) is 0 Å². The molecule has 0 atom stereocenters. The third-order valence-corrected chi connectivity index (χ3v) is 13.0. The van der Waals surface area contributed by atoms with E-state index >= 15 is 0 Å². The molecular formula is C21H21ClZr. The Morgan fingerprint density at radius 3 is 1.96 bits per heavy atom. The number of rotatable bonds is 2. The van der Waals surface area contributed by atoms with E-state index in [9.17, 15) is 0 Å². The van der Waals surface area contributed by atoms with Gasteiger partial charge in [0.1, 0.15) is 0 Å². The fourth-order valence-electron chi connectivity index (χ4n) is 3.91. The molecule has 2 heteroatoms. The van der Waals surface area contributed by atoms with Crippen LogP contribution in [0.25, 0.3) is 11.1 Å². The van der Waals surface area contributed by atoms with Gasteiger partial charge in [-0.2, -0.15) is 0 Å². The van der Waals surface area contributed by atoms with Crippen LogP contribution in [0.4, 0.5) is 0 Å². The minimum absolute atomic E-state index is 0. The molecule has 0 bridgehead atoms. The van der Waals surface area contributed by atoms with Crippen LogP contribution in [-0.4, -0.2) is 3.21 Å². The van der Waals surface area contributed by atoms with Gasteiger partial charge in [-0.25, -0.2) is 0 Å². The van der Waals surface area contributed by atoms with Crippen molar-refractivity contribution in [1.29, 1.82) is 0 Å². The Bertz CT molecular complexity index is 793. The normalized spacial score (nSPS) is 14.8. The van der Waals surface area contributed by atoms with Gasteiger partial charge in [0.05, 0.1) is 0 Å². The Balaban J connectivity index is 0.00000156. The topological polar surface area (TPSA) is 0 Å². The van der Waals surface area contributed by atoms with Crippen LogP contribution in [0.3, 0.4) is 0 Å². The standard InChI is InChI=1S/C13H9.C5H5.C3H6.ClH.Zr/c1-3-7-12-10(5-1)9-11-6-2-4-8-13(11)12;1-2-4-5-3-1;1-3-2;;/h1-9H;1-3H,4H2;1-2H3;1H;. The Hall–Kier alpha value is -1.04. The van der Waals surface area contributed by atoms with Gasteiger partial charge in [-0.05, 0) is 0 Å². The van der Waals surface area contributed by atoms with Crippen molar-refractivity contribution < 1.29 is 21.3 Å². The average molecular weight is 400 g/mol. The van der Waals surface area contributed by atoms with E-state index in [1.165, 1.54) is 17.5 Å². The zero-order valence-electron chi connectivity index (χ0n) is 13.5. The summed E-state index contributed by atoms with van der Waals surface area (Å²) in [6.07, 6.45) is 8.17. The Morgan fingerprint density at radius 1 is 0.913 bits per heavy atom. The van der Waals surface area contributed by atoms with Crippen LogP contribution < -0.4 is 0 Å². The van der Waals surface area contributed by atoms with E-state index in [0.29, 0.717) is 3.63 Å². The number of benzene rings is 2. The first-order chi connectivity index (χ1) is 10.8. The zero-order valence-corrected chi connectivity index (χ0v) is 16.8. The minimum atomic E-state index is -1.87. The summed E-state index contributed by atoms with van der Waals surface area (Å²) in [7, 11) is 0. The Labute approximate surface area is 152 Å². The molecule has 0 saturated heterocycles. The second kappa shape index (κ2) is 6.83. The largest absolute Gasteiger partial charge is 0.147 e. The molecule has 2 aromatic carbocycles. The number of hydrogen-bond donors (Lipinski definition) is 0. The summed E-state index contributed by atoms with van der Waals surface area (Å²) in [5.41, 5.74) is 6.09. The molecule has 0 N–H and O–H groups in total. The average Bonchev–Trinajstić information content (AvgIpc) is 3.16. The van der Waals surface area contributed by atoms with E-state index in [-0.39, 0.29) is 12.4 Å². The minimum Gasteiger partial charge on any atom is -0.147 e. The van der Waals surface area contributed by atoms with Crippen molar-refractivity contribution in [1.82, 2.24) is 0 Å². The predicted octanol–water partition coefficient (Wildman–Crippen LogP) is 5.85. The van der Waals surface area contributed by atoms with Gasteiger partial charge < -0.3 is 0 Å². The molecule has 0 aliphatic heterocycles. The number of allylic oxidation sites excluding steroid dienone is 4. The van der Waals surface area contributed by atoms with E-state index in [2.05, 4.69) is 80.6 Å². The maximum atomic E-state index is 2.41. The van der Waals surface area contributed by atoms with E-state index in [4.69, 9.17) is 0 Å².